The quantitative estimate of drug-likeness (QED) is 0.496. The molecule has 162 valence electrons. The van der Waals surface area contributed by atoms with Gasteiger partial charge in [0.25, 0.3) is 0 Å². The van der Waals surface area contributed by atoms with E-state index in [9.17, 15) is 9.59 Å². The number of hydrogen-bond donors (Lipinski definition) is 1. The van der Waals surface area contributed by atoms with E-state index in [1.807, 2.05) is 4.90 Å². The van der Waals surface area contributed by atoms with Gasteiger partial charge in [0.1, 0.15) is 6.04 Å². The van der Waals surface area contributed by atoms with Crippen molar-refractivity contribution in [3.63, 3.8) is 0 Å². The van der Waals surface area contributed by atoms with Crippen molar-refractivity contribution in [2.45, 2.75) is 90.5 Å². The molecule has 1 unspecified atom stereocenters. The van der Waals surface area contributed by atoms with Gasteiger partial charge in [-0.1, -0.05) is 76.3 Å². The fourth-order valence-corrected chi connectivity index (χ4v) is 4.23. The second-order valence-corrected chi connectivity index (χ2v) is 8.53. The van der Waals surface area contributed by atoms with E-state index in [0.29, 0.717) is 12.3 Å². The predicted molar refractivity (Wildman–Crippen MR) is 120 cm³/mol. The average Bonchev–Trinajstić information content (AvgIpc) is 2.74. The summed E-state index contributed by atoms with van der Waals surface area (Å²) in [4.78, 5) is 27.3. The molecule has 0 bridgehead atoms. The fraction of sp³-hybridized carbons (Fsp3) is 0.680. The second kappa shape index (κ2) is 13.4. The van der Waals surface area contributed by atoms with Crippen LogP contribution in [0.1, 0.15) is 83.6 Å². The summed E-state index contributed by atoms with van der Waals surface area (Å²) in [7, 11) is 0. The van der Waals surface area contributed by atoms with Crippen molar-refractivity contribution in [3.05, 3.63) is 35.9 Å². The molecule has 1 aliphatic heterocycles. The van der Waals surface area contributed by atoms with Gasteiger partial charge in [0.05, 0.1) is 0 Å². The number of piperidine rings is 1. The van der Waals surface area contributed by atoms with Crippen LogP contribution in [0.4, 0.5) is 0 Å². The van der Waals surface area contributed by atoms with Crippen molar-refractivity contribution in [1.82, 2.24) is 10.2 Å². The molecule has 1 aromatic rings. The first-order chi connectivity index (χ1) is 14.1. The molecule has 1 saturated heterocycles. The van der Waals surface area contributed by atoms with Gasteiger partial charge in [0.15, 0.2) is 0 Å². The predicted octanol–water partition coefficient (Wildman–Crippen LogP) is 5.11. The average molecular weight is 401 g/mol. The number of unbranched alkanes of at least 4 members (excludes halogenated alkanes) is 4. The fourth-order valence-electron chi connectivity index (χ4n) is 4.23. The highest BCUT2D eigenvalue weighted by atomic mass is 16.2. The van der Waals surface area contributed by atoms with E-state index in [4.69, 9.17) is 0 Å². The molecule has 29 heavy (non-hydrogen) atoms. The standard InChI is InChI=1S/C25H40N2O2/c1-3-5-6-7-11-15-24(28)26-23(12-4-2)25(29)27-18-16-22(17-19-27)20-21-13-9-8-10-14-21/h8-10,13-14,22-23H,3-7,11-12,15-20H2,1-2H3,(H,26,28). The molecule has 0 saturated carbocycles. The lowest BCUT2D eigenvalue weighted by Gasteiger charge is -2.34. The van der Waals surface area contributed by atoms with E-state index in [1.165, 1.54) is 24.8 Å². The molecule has 0 aromatic heterocycles. The summed E-state index contributed by atoms with van der Waals surface area (Å²) in [6, 6.07) is 10.3. The van der Waals surface area contributed by atoms with Crippen LogP contribution in [-0.2, 0) is 16.0 Å². The molecule has 1 aromatic carbocycles. The molecule has 1 atom stereocenters. The minimum atomic E-state index is -0.353. The SMILES string of the molecule is CCCCCCCC(=O)NC(CCC)C(=O)N1CCC(Cc2ccccc2)CC1. The minimum Gasteiger partial charge on any atom is -0.344 e. The highest BCUT2D eigenvalue weighted by Gasteiger charge is 2.28. The summed E-state index contributed by atoms with van der Waals surface area (Å²) in [5.41, 5.74) is 1.38. The van der Waals surface area contributed by atoms with Crippen molar-refractivity contribution in [1.29, 1.82) is 0 Å². The van der Waals surface area contributed by atoms with Crippen LogP contribution in [0.15, 0.2) is 30.3 Å². The molecule has 1 N–H and O–H groups in total. The lowest BCUT2D eigenvalue weighted by molar-refractivity contribution is -0.137. The Balaban J connectivity index is 1.76. The zero-order chi connectivity index (χ0) is 20.9. The number of rotatable bonds is 12. The van der Waals surface area contributed by atoms with Crippen LogP contribution in [0, 0.1) is 5.92 Å². The Labute approximate surface area is 177 Å². The number of carbonyl (C=O) groups is 2. The number of benzene rings is 1. The molecule has 4 heteroatoms. The van der Waals surface area contributed by atoms with Gasteiger partial charge >= 0.3 is 0 Å². The first kappa shape index (κ1) is 23.4. The van der Waals surface area contributed by atoms with Crippen LogP contribution >= 0.6 is 0 Å². The van der Waals surface area contributed by atoms with Crippen molar-refractivity contribution >= 4 is 11.8 Å². The minimum absolute atomic E-state index is 0.0345. The molecule has 0 spiro atoms. The zero-order valence-electron chi connectivity index (χ0n) is 18.5. The summed E-state index contributed by atoms with van der Waals surface area (Å²) in [5, 5.41) is 3.03. The van der Waals surface area contributed by atoms with E-state index in [1.54, 1.807) is 0 Å². The molecule has 1 aliphatic rings. The number of hydrogen-bond acceptors (Lipinski definition) is 2. The first-order valence-corrected chi connectivity index (χ1v) is 11.8. The van der Waals surface area contributed by atoms with Crippen LogP contribution in [-0.4, -0.2) is 35.8 Å². The van der Waals surface area contributed by atoms with E-state index < -0.39 is 0 Å². The van der Waals surface area contributed by atoms with Crippen molar-refractivity contribution in [2.24, 2.45) is 5.92 Å². The third-order valence-electron chi connectivity index (χ3n) is 6.01. The van der Waals surface area contributed by atoms with E-state index in [0.717, 1.165) is 58.0 Å². The van der Waals surface area contributed by atoms with Gasteiger partial charge in [0.2, 0.25) is 11.8 Å². The molecule has 1 heterocycles. The van der Waals surface area contributed by atoms with Crippen LogP contribution in [0.25, 0.3) is 0 Å². The molecule has 0 radical (unpaired) electrons. The third-order valence-corrected chi connectivity index (χ3v) is 6.01. The molecule has 0 aliphatic carbocycles. The van der Waals surface area contributed by atoms with Crippen LogP contribution in [0.5, 0.6) is 0 Å². The van der Waals surface area contributed by atoms with E-state index in [-0.39, 0.29) is 17.9 Å². The topological polar surface area (TPSA) is 49.4 Å². The Morgan fingerprint density at radius 2 is 1.69 bits per heavy atom. The summed E-state index contributed by atoms with van der Waals surface area (Å²) < 4.78 is 0. The normalized spacial score (nSPS) is 15.9. The molecule has 2 amide bonds. The number of nitrogens with zero attached hydrogens (tertiary/aromatic N) is 1. The van der Waals surface area contributed by atoms with Crippen LogP contribution in [0.2, 0.25) is 0 Å². The Hall–Kier alpha value is -1.84. The van der Waals surface area contributed by atoms with E-state index in [2.05, 4.69) is 49.5 Å². The highest BCUT2D eigenvalue weighted by molar-refractivity contribution is 5.87. The maximum Gasteiger partial charge on any atom is 0.245 e. The van der Waals surface area contributed by atoms with Gasteiger partial charge in [-0.3, -0.25) is 9.59 Å². The summed E-state index contributed by atoms with van der Waals surface area (Å²) in [6.45, 7) is 5.88. The lowest BCUT2D eigenvalue weighted by atomic mass is 9.90. The monoisotopic (exact) mass is 400 g/mol. The van der Waals surface area contributed by atoms with Gasteiger partial charge in [-0.05, 0) is 43.6 Å². The molecule has 1 fully saturated rings. The Kier molecular flexibility index (Phi) is 10.8. The second-order valence-electron chi connectivity index (χ2n) is 8.53. The van der Waals surface area contributed by atoms with Gasteiger partial charge in [0, 0.05) is 19.5 Å². The van der Waals surface area contributed by atoms with Crippen molar-refractivity contribution in [3.8, 4) is 0 Å². The van der Waals surface area contributed by atoms with Gasteiger partial charge in [-0.2, -0.15) is 0 Å². The van der Waals surface area contributed by atoms with E-state index >= 15 is 0 Å². The Morgan fingerprint density at radius 1 is 1.00 bits per heavy atom. The van der Waals surface area contributed by atoms with Gasteiger partial charge < -0.3 is 10.2 Å². The Morgan fingerprint density at radius 3 is 2.34 bits per heavy atom. The molecule has 4 nitrogen and oxygen atoms in total. The van der Waals surface area contributed by atoms with Crippen LogP contribution in [0.3, 0.4) is 0 Å². The molecular formula is C25H40N2O2. The zero-order valence-corrected chi connectivity index (χ0v) is 18.5. The number of nitrogens with one attached hydrogen (secondary N) is 1. The summed E-state index contributed by atoms with van der Waals surface area (Å²) in [5.74, 6) is 0.792. The summed E-state index contributed by atoms with van der Waals surface area (Å²) in [6.07, 6.45) is 11.0. The van der Waals surface area contributed by atoms with Crippen LogP contribution < -0.4 is 5.32 Å². The number of likely N-dealkylation sites (tertiary alicyclic amines) is 1. The first-order valence-electron chi connectivity index (χ1n) is 11.8. The lowest BCUT2D eigenvalue weighted by Crippen LogP contribution is -2.50. The van der Waals surface area contributed by atoms with Crippen molar-refractivity contribution in [2.75, 3.05) is 13.1 Å². The summed E-state index contributed by atoms with van der Waals surface area (Å²) >= 11 is 0. The highest BCUT2D eigenvalue weighted by Crippen LogP contribution is 2.22. The number of amides is 2. The smallest absolute Gasteiger partial charge is 0.245 e. The van der Waals surface area contributed by atoms with Crippen molar-refractivity contribution < 1.29 is 9.59 Å². The number of carbonyl (C=O) groups excluding carboxylic acids is 2. The largest absolute Gasteiger partial charge is 0.344 e. The Bertz CT molecular complexity index is 594. The maximum atomic E-state index is 13.0. The van der Waals surface area contributed by atoms with Gasteiger partial charge in [-0.25, -0.2) is 0 Å². The van der Waals surface area contributed by atoms with Gasteiger partial charge in [-0.15, -0.1) is 0 Å². The molecular weight excluding hydrogens is 360 g/mol. The maximum absolute atomic E-state index is 13.0. The molecule has 2 rings (SSSR count). The third kappa shape index (κ3) is 8.59.